The second-order valence-corrected chi connectivity index (χ2v) is 8.92. The molecule has 0 amide bonds. The van der Waals surface area contributed by atoms with Crippen LogP contribution in [0, 0.1) is 11.6 Å². The third-order valence-corrected chi connectivity index (χ3v) is 6.28. The van der Waals surface area contributed by atoms with Crippen molar-refractivity contribution in [3.8, 4) is 0 Å². The van der Waals surface area contributed by atoms with Gasteiger partial charge in [0.25, 0.3) is 0 Å². The van der Waals surface area contributed by atoms with E-state index in [0.717, 1.165) is 22.9 Å². The van der Waals surface area contributed by atoms with Crippen LogP contribution in [0.4, 0.5) is 8.78 Å². The zero-order chi connectivity index (χ0) is 24.5. The van der Waals surface area contributed by atoms with E-state index in [4.69, 9.17) is 5.11 Å². The van der Waals surface area contributed by atoms with Gasteiger partial charge in [0.1, 0.15) is 11.6 Å². The number of aryl methyl sites for hydroxylation is 1. The Labute approximate surface area is 202 Å². The van der Waals surface area contributed by atoms with Crippen molar-refractivity contribution in [2.24, 2.45) is 0 Å². The molecule has 0 aromatic heterocycles. The summed E-state index contributed by atoms with van der Waals surface area (Å²) in [7, 11) is 0. The highest BCUT2D eigenvalue weighted by atomic mass is 32.2. The largest absolute Gasteiger partial charge is 0.478 e. The molecule has 0 aliphatic heterocycles. The number of rotatable bonds is 12. The van der Waals surface area contributed by atoms with Crippen LogP contribution in [0.2, 0.25) is 0 Å². The second-order valence-electron chi connectivity index (χ2n) is 8.01. The predicted molar refractivity (Wildman–Crippen MR) is 130 cm³/mol. The Hall–Kier alpha value is -2.78. The van der Waals surface area contributed by atoms with Crippen LogP contribution in [0.25, 0.3) is 0 Å². The summed E-state index contributed by atoms with van der Waals surface area (Å²) in [6, 6.07) is 17.3. The summed E-state index contributed by atoms with van der Waals surface area (Å²) in [6.07, 6.45) is 0.284. The first-order chi connectivity index (χ1) is 16.3. The van der Waals surface area contributed by atoms with Gasteiger partial charge in [-0.05, 0) is 77.9 Å². The first kappa shape index (κ1) is 25.8. The minimum atomic E-state index is -1.01. The molecule has 0 spiro atoms. The molecule has 2 atom stereocenters. The molecule has 0 aliphatic rings. The van der Waals surface area contributed by atoms with Gasteiger partial charge >= 0.3 is 5.97 Å². The molecule has 0 saturated carbocycles. The second kappa shape index (κ2) is 12.6. The summed E-state index contributed by atoms with van der Waals surface area (Å²) < 4.78 is 30.6. The van der Waals surface area contributed by atoms with Crippen molar-refractivity contribution in [3.63, 3.8) is 0 Å². The fraction of sp³-hybridized carbons (Fsp3) is 0.269. The number of hydrogen-bond donors (Lipinski definition) is 4. The lowest BCUT2D eigenvalue weighted by Gasteiger charge is -2.24. The van der Waals surface area contributed by atoms with Crippen molar-refractivity contribution in [1.82, 2.24) is 10.0 Å². The van der Waals surface area contributed by atoms with Gasteiger partial charge in [0, 0.05) is 30.1 Å². The molecule has 3 rings (SSSR count). The lowest BCUT2D eigenvalue weighted by Crippen LogP contribution is -2.44. The van der Waals surface area contributed by atoms with Gasteiger partial charge in [-0.2, -0.15) is 0 Å². The quantitative estimate of drug-likeness (QED) is 0.281. The van der Waals surface area contributed by atoms with Gasteiger partial charge < -0.3 is 15.5 Å². The maximum atomic E-state index is 13.7. The van der Waals surface area contributed by atoms with Gasteiger partial charge in [-0.1, -0.05) is 31.2 Å². The summed E-state index contributed by atoms with van der Waals surface area (Å²) in [6.45, 7) is 2.94. The van der Waals surface area contributed by atoms with Crippen LogP contribution in [-0.4, -0.2) is 34.9 Å². The van der Waals surface area contributed by atoms with Crippen LogP contribution in [0.5, 0.6) is 0 Å². The number of carboxylic acids is 1. The Morgan fingerprint density at radius 2 is 1.65 bits per heavy atom. The normalized spacial score (nSPS) is 12.9. The van der Waals surface area contributed by atoms with Crippen molar-refractivity contribution in [2.45, 2.75) is 43.4 Å². The third kappa shape index (κ3) is 7.92. The summed E-state index contributed by atoms with van der Waals surface area (Å²) >= 11 is 1.22. The smallest absolute Gasteiger partial charge is 0.335 e. The summed E-state index contributed by atoms with van der Waals surface area (Å²) in [5.74, 6) is -2.36. The van der Waals surface area contributed by atoms with Gasteiger partial charge in [-0.15, -0.1) is 0 Å². The van der Waals surface area contributed by atoms with E-state index in [0.29, 0.717) is 12.1 Å². The standard InChI is InChI=1S/C26H28F2N2O3S/c1-2-17-4-3-5-18(10-17)15-29-16-25(31)24(13-19-11-21(27)14-22(28)12-19)30-34-23-8-6-20(7-9-23)26(32)33/h3-12,14,24-25,29-31H,2,13,15-16H2,1H3,(H,32,33)/t24-,25+/m0/s1. The SMILES string of the molecule is CCc1cccc(CNC[C@@H](O)[C@H](Cc2cc(F)cc(F)c2)NSc2ccc(C(=O)O)cc2)c1. The van der Waals surface area contributed by atoms with Crippen molar-refractivity contribution >= 4 is 17.9 Å². The minimum absolute atomic E-state index is 0.174. The van der Waals surface area contributed by atoms with Gasteiger partial charge in [0.15, 0.2) is 0 Å². The van der Waals surface area contributed by atoms with Crippen LogP contribution in [-0.2, 0) is 19.4 Å². The number of halogens is 2. The van der Waals surface area contributed by atoms with Crippen LogP contribution in [0.1, 0.15) is 34.0 Å². The Morgan fingerprint density at radius 3 is 2.29 bits per heavy atom. The molecular weight excluding hydrogens is 458 g/mol. The van der Waals surface area contributed by atoms with Gasteiger partial charge in [0.2, 0.25) is 0 Å². The molecule has 4 N–H and O–H groups in total. The first-order valence-corrected chi connectivity index (χ1v) is 11.8. The van der Waals surface area contributed by atoms with Crippen LogP contribution in [0.3, 0.4) is 0 Å². The summed E-state index contributed by atoms with van der Waals surface area (Å²) in [5, 5.41) is 23.2. The molecule has 0 aliphatic carbocycles. The molecular formula is C26H28F2N2O3S. The Morgan fingerprint density at radius 1 is 0.971 bits per heavy atom. The highest BCUT2D eigenvalue weighted by Gasteiger charge is 2.21. The molecule has 34 heavy (non-hydrogen) atoms. The van der Waals surface area contributed by atoms with Gasteiger partial charge in [-0.3, -0.25) is 4.72 Å². The number of carboxylic acid groups (broad SMARTS) is 1. The zero-order valence-electron chi connectivity index (χ0n) is 18.8. The number of aliphatic hydroxyl groups excluding tert-OH is 1. The zero-order valence-corrected chi connectivity index (χ0v) is 19.6. The van der Waals surface area contributed by atoms with E-state index >= 15 is 0 Å². The van der Waals surface area contributed by atoms with E-state index in [9.17, 15) is 18.7 Å². The van der Waals surface area contributed by atoms with Gasteiger partial charge in [-0.25, -0.2) is 13.6 Å². The van der Waals surface area contributed by atoms with E-state index in [1.54, 1.807) is 12.1 Å². The van der Waals surface area contributed by atoms with Crippen LogP contribution in [0.15, 0.2) is 71.6 Å². The number of nitrogens with one attached hydrogen (secondary N) is 2. The summed E-state index contributed by atoms with van der Waals surface area (Å²) in [5.41, 5.74) is 2.94. The first-order valence-electron chi connectivity index (χ1n) is 11.0. The van der Waals surface area contributed by atoms with Crippen molar-refractivity contribution in [2.75, 3.05) is 6.54 Å². The van der Waals surface area contributed by atoms with E-state index in [1.807, 2.05) is 12.1 Å². The van der Waals surface area contributed by atoms with Crippen molar-refractivity contribution in [3.05, 3.63) is 101 Å². The average molecular weight is 487 g/mol. The molecule has 0 unspecified atom stereocenters. The highest BCUT2D eigenvalue weighted by Crippen LogP contribution is 2.19. The number of carbonyl (C=O) groups is 1. The van der Waals surface area contributed by atoms with Crippen LogP contribution < -0.4 is 10.0 Å². The van der Waals surface area contributed by atoms with Crippen LogP contribution >= 0.6 is 11.9 Å². The molecule has 5 nitrogen and oxygen atoms in total. The minimum Gasteiger partial charge on any atom is -0.478 e. The molecule has 0 fully saturated rings. The Balaban J connectivity index is 1.65. The lowest BCUT2D eigenvalue weighted by molar-refractivity contribution is 0.0696. The molecule has 0 radical (unpaired) electrons. The summed E-state index contributed by atoms with van der Waals surface area (Å²) in [4.78, 5) is 11.8. The molecule has 0 heterocycles. The Kier molecular flexibility index (Phi) is 9.59. The maximum absolute atomic E-state index is 13.7. The lowest BCUT2D eigenvalue weighted by atomic mass is 10.0. The molecule has 180 valence electrons. The average Bonchev–Trinajstić information content (AvgIpc) is 2.81. The molecule has 8 heteroatoms. The van der Waals surface area contributed by atoms with E-state index in [-0.39, 0.29) is 18.5 Å². The number of hydrogen-bond acceptors (Lipinski definition) is 5. The van der Waals surface area contributed by atoms with Crippen molar-refractivity contribution < 1.29 is 23.8 Å². The Bertz CT molecular complexity index is 1080. The fourth-order valence-corrected chi connectivity index (χ4v) is 4.31. The third-order valence-electron chi connectivity index (χ3n) is 5.35. The fourth-order valence-electron chi connectivity index (χ4n) is 3.51. The van der Waals surface area contributed by atoms with E-state index in [2.05, 4.69) is 29.1 Å². The van der Waals surface area contributed by atoms with E-state index in [1.165, 1.54) is 41.8 Å². The molecule has 0 bridgehead atoms. The topological polar surface area (TPSA) is 81.6 Å². The monoisotopic (exact) mass is 486 g/mol. The number of aromatic carboxylic acids is 1. The van der Waals surface area contributed by atoms with Gasteiger partial charge in [0.05, 0.1) is 11.7 Å². The predicted octanol–water partition coefficient (Wildman–Crippen LogP) is 4.58. The van der Waals surface area contributed by atoms with Crippen molar-refractivity contribution in [1.29, 1.82) is 0 Å². The molecule has 3 aromatic rings. The highest BCUT2D eigenvalue weighted by molar-refractivity contribution is 7.97. The van der Waals surface area contributed by atoms with E-state index < -0.39 is 29.7 Å². The maximum Gasteiger partial charge on any atom is 0.335 e. The number of benzene rings is 3. The molecule has 0 saturated heterocycles. The molecule has 3 aromatic carbocycles. The number of aliphatic hydroxyl groups is 1.